The smallest absolute Gasteiger partial charge is 0.224 e. The second-order valence-corrected chi connectivity index (χ2v) is 6.39. The minimum atomic E-state index is -0.582. The van der Waals surface area contributed by atoms with E-state index in [-0.39, 0.29) is 12.5 Å². The van der Waals surface area contributed by atoms with Gasteiger partial charge in [-0.15, -0.1) is 0 Å². The molecule has 0 fully saturated rings. The first-order valence-corrected chi connectivity index (χ1v) is 8.84. The number of carbonyl (C=O) groups is 1. The maximum atomic E-state index is 12.1. The summed E-state index contributed by atoms with van der Waals surface area (Å²) in [6.07, 6.45) is 0.266. The van der Waals surface area contributed by atoms with Crippen LogP contribution in [-0.2, 0) is 17.6 Å². The topological polar surface area (TPSA) is 49.3 Å². The van der Waals surface area contributed by atoms with Gasteiger partial charge >= 0.3 is 0 Å². The van der Waals surface area contributed by atoms with Gasteiger partial charge < -0.3 is 10.4 Å². The standard InChI is InChI=1S/C23H23NO2/c25-22(15-18-7-3-1-4-8-18)17-24-23(26)16-19-11-13-21(14-12-19)20-9-5-2-6-10-20/h1-14,22,25H,15-17H2,(H,24,26). The molecule has 3 nitrogen and oxygen atoms in total. The summed E-state index contributed by atoms with van der Waals surface area (Å²) in [7, 11) is 0. The molecule has 1 atom stereocenters. The molecule has 3 aromatic rings. The van der Waals surface area contributed by atoms with E-state index in [0.29, 0.717) is 12.8 Å². The summed E-state index contributed by atoms with van der Waals surface area (Å²) < 4.78 is 0. The number of nitrogens with one attached hydrogen (secondary N) is 1. The van der Waals surface area contributed by atoms with Crippen molar-refractivity contribution >= 4 is 5.91 Å². The molecule has 0 aliphatic carbocycles. The monoisotopic (exact) mass is 345 g/mol. The van der Waals surface area contributed by atoms with Gasteiger partial charge in [0.05, 0.1) is 12.5 Å². The average molecular weight is 345 g/mol. The van der Waals surface area contributed by atoms with Crippen LogP contribution in [0.3, 0.4) is 0 Å². The molecule has 2 N–H and O–H groups in total. The van der Waals surface area contributed by atoms with Gasteiger partial charge in [-0.1, -0.05) is 84.9 Å². The van der Waals surface area contributed by atoms with Gasteiger partial charge in [-0.2, -0.15) is 0 Å². The van der Waals surface area contributed by atoms with Crippen molar-refractivity contribution in [2.45, 2.75) is 18.9 Å². The predicted molar refractivity (Wildman–Crippen MR) is 105 cm³/mol. The molecule has 0 aliphatic heterocycles. The summed E-state index contributed by atoms with van der Waals surface area (Å²) in [5.74, 6) is -0.0791. The molecule has 0 radical (unpaired) electrons. The zero-order valence-corrected chi connectivity index (χ0v) is 14.6. The van der Waals surface area contributed by atoms with Crippen LogP contribution in [0.5, 0.6) is 0 Å². The molecule has 0 spiro atoms. The van der Waals surface area contributed by atoms with Gasteiger partial charge in [0.25, 0.3) is 0 Å². The van der Waals surface area contributed by atoms with E-state index < -0.39 is 6.10 Å². The fourth-order valence-corrected chi connectivity index (χ4v) is 2.88. The summed E-state index contributed by atoms with van der Waals surface area (Å²) in [6, 6.07) is 27.9. The van der Waals surface area contributed by atoms with E-state index in [9.17, 15) is 9.90 Å². The zero-order chi connectivity index (χ0) is 18.2. The van der Waals surface area contributed by atoms with Crippen LogP contribution in [0.15, 0.2) is 84.9 Å². The second-order valence-electron chi connectivity index (χ2n) is 6.39. The molecule has 0 heterocycles. The highest BCUT2D eigenvalue weighted by Gasteiger charge is 2.09. The molecule has 0 bridgehead atoms. The van der Waals surface area contributed by atoms with E-state index in [4.69, 9.17) is 0 Å². The summed E-state index contributed by atoms with van der Waals surface area (Å²) in [5, 5.41) is 12.9. The van der Waals surface area contributed by atoms with Crippen LogP contribution in [0.4, 0.5) is 0 Å². The highest BCUT2D eigenvalue weighted by Crippen LogP contribution is 2.19. The number of hydrogen-bond acceptors (Lipinski definition) is 2. The molecule has 3 aromatic carbocycles. The molecular formula is C23H23NO2. The van der Waals surface area contributed by atoms with Gasteiger partial charge in [0.1, 0.15) is 0 Å². The van der Waals surface area contributed by atoms with Gasteiger partial charge in [-0.05, 0) is 22.3 Å². The number of benzene rings is 3. The molecule has 26 heavy (non-hydrogen) atoms. The summed E-state index contributed by atoms with van der Waals surface area (Å²) in [4.78, 5) is 12.1. The minimum absolute atomic E-state index is 0.0791. The van der Waals surface area contributed by atoms with Crippen LogP contribution in [0.25, 0.3) is 11.1 Å². The van der Waals surface area contributed by atoms with Crippen molar-refractivity contribution in [3.05, 3.63) is 96.1 Å². The molecular weight excluding hydrogens is 322 g/mol. The number of aliphatic hydroxyl groups is 1. The van der Waals surface area contributed by atoms with E-state index in [1.165, 1.54) is 0 Å². The van der Waals surface area contributed by atoms with Crippen molar-refractivity contribution in [1.82, 2.24) is 5.32 Å². The van der Waals surface area contributed by atoms with Crippen molar-refractivity contribution in [2.75, 3.05) is 6.54 Å². The highest BCUT2D eigenvalue weighted by atomic mass is 16.3. The molecule has 0 aromatic heterocycles. The normalized spacial score (nSPS) is 11.7. The molecule has 3 rings (SSSR count). The van der Waals surface area contributed by atoms with Crippen molar-refractivity contribution < 1.29 is 9.90 Å². The van der Waals surface area contributed by atoms with Crippen molar-refractivity contribution in [3.8, 4) is 11.1 Å². The Morgan fingerprint density at radius 3 is 2.00 bits per heavy atom. The van der Waals surface area contributed by atoms with Crippen LogP contribution < -0.4 is 5.32 Å². The Kier molecular flexibility index (Phi) is 6.18. The first kappa shape index (κ1) is 17.9. The lowest BCUT2D eigenvalue weighted by Gasteiger charge is -2.12. The van der Waals surface area contributed by atoms with Crippen molar-refractivity contribution in [2.24, 2.45) is 0 Å². The number of amides is 1. The largest absolute Gasteiger partial charge is 0.391 e. The maximum absolute atomic E-state index is 12.1. The van der Waals surface area contributed by atoms with Crippen LogP contribution in [0.1, 0.15) is 11.1 Å². The predicted octanol–water partition coefficient (Wildman–Crippen LogP) is 3.62. The van der Waals surface area contributed by atoms with Gasteiger partial charge in [0.15, 0.2) is 0 Å². The lowest BCUT2D eigenvalue weighted by atomic mass is 10.0. The van der Waals surface area contributed by atoms with Crippen LogP contribution >= 0.6 is 0 Å². The number of rotatable bonds is 7. The molecule has 0 saturated heterocycles. The fraction of sp³-hybridized carbons (Fsp3) is 0.174. The summed E-state index contributed by atoms with van der Waals surface area (Å²) in [6.45, 7) is 0.260. The van der Waals surface area contributed by atoms with Crippen LogP contribution in [-0.4, -0.2) is 23.7 Å². The second kappa shape index (κ2) is 8.97. The fourth-order valence-electron chi connectivity index (χ4n) is 2.88. The molecule has 1 unspecified atom stereocenters. The first-order valence-electron chi connectivity index (χ1n) is 8.84. The Morgan fingerprint density at radius 1 is 0.769 bits per heavy atom. The van der Waals surface area contributed by atoms with Crippen molar-refractivity contribution in [3.63, 3.8) is 0 Å². The Hall–Kier alpha value is -2.91. The van der Waals surface area contributed by atoms with Crippen LogP contribution in [0, 0.1) is 0 Å². The maximum Gasteiger partial charge on any atom is 0.224 e. The number of carbonyl (C=O) groups excluding carboxylic acids is 1. The Balaban J connectivity index is 1.47. The SMILES string of the molecule is O=C(Cc1ccc(-c2ccccc2)cc1)NCC(O)Cc1ccccc1. The Morgan fingerprint density at radius 2 is 1.35 bits per heavy atom. The van der Waals surface area contributed by atoms with E-state index in [1.54, 1.807) is 0 Å². The van der Waals surface area contributed by atoms with E-state index in [1.807, 2.05) is 72.8 Å². The Bertz CT molecular complexity index is 814. The van der Waals surface area contributed by atoms with E-state index >= 15 is 0 Å². The molecule has 1 amide bonds. The molecule has 0 aliphatic rings. The lowest BCUT2D eigenvalue weighted by Crippen LogP contribution is -2.34. The minimum Gasteiger partial charge on any atom is -0.391 e. The summed E-state index contributed by atoms with van der Waals surface area (Å²) >= 11 is 0. The lowest BCUT2D eigenvalue weighted by molar-refractivity contribution is -0.120. The van der Waals surface area contributed by atoms with Crippen LogP contribution in [0.2, 0.25) is 0 Å². The molecule has 3 heteroatoms. The van der Waals surface area contributed by atoms with Gasteiger partial charge in [0.2, 0.25) is 5.91 Å². The average Bonchev–Trinajstić information content (AvgIpc) is 2.68. The Labute approximate surface area is 154 Å². The van der Waals surface area contributed by atoms with E-state index in [0.717, 1.165) is 22.3 Å². The van der Waals surface area contributed by atoms with Gasteiger partial charge in [-0.25, -0.2) is 0 Å². The molecule has 0 saturated carbocycles. The first-order chi connectivity index (χ1) is 12.7. The van der Waals surface area contributed by atoms with Crippen molar-refractivity contribution in [1.29, 1.82) is 0 Å². The highest BCUT2D eigenvalue weighted by molar-refractivity contribution is 5.78. The number of hydrogen-bond donors (Lipinski definition) is 2. The third-order valence-corrected chi connectivity index (χ3v) is 4.27. The van der Waals surface area contributed by atoms with Gasteiger partial charge in [0, 0.05) is 13.0 Å². The third-order valence-electron chi connectivity index (χ3n) is 4.27. The zero-order valence-electron chi connectivity index (χ0n) is 14.6. The number of aliphatic hydroxyl groups excluding tert-OH is 1. The third kappa shape index (κ3) is 5.30. The summed E-state index contributed by atoms with van der Waals surface area (Å²) in [5.41, 5.74) is 4.31. The van der Waals surface area contributed by atoms with E-state index in [2.05, 4.69) is 17.4 Å². The molecule has 132 valence electrons. The quantitative estimate of drug-likeness (QED) is 0.687. The van der Waals surface area contributed by atoms with Gasteiger partial charge in [-0.3, -0.25) is 4.79 Å².